The van der Waals surface area contributed by atoms with E-state index in [0.29, 0.717) is 0 Å². The maximum absolute atomic E-state index is 10.5. The maximum Gasteiger partial charge on any atom is 0.328 e. The molecule has 2 nitrogen and oxygen atoms in total. The largest absolute Gasteiger partial charge is 0.478 e. The number of hydrogen-bond donors (Lipinski definition) is 1. The predicted octanol–water partition coefficient (Wildman–Crippen LogP) is 5.22. The van der Waals surface area contributed by atoms with Crippen LogP contribution in [0.1, 0.15) is 53.9 Å². The zero-order chi connectivity index (χ0) is 16.8. The Labute approximate surface area is 163 Å². The van der Waals surface area contributed by atoms with Gasteiger partial charge >= 0.3 is 5.97 Å². The molecule has 23 heavy (non-hydrogen) atoms. The van der Waals surface area contributed by atoms with Gasteiger partial charge in [-0.25, -0.2) is 4.79 Å². The minimum Gasteiger partial charge on any atom is -0.478 e. The first-order valence-electron chi connectivity index (χ1n) is 7.87. The van der Waals surface area contributed by atoms with E-state index in [9.17, 15) is 4.79 Å². The topological polar surface area (TPSA) is 37.3 Å². The summed E-state index contributed by atoms with van der Waals surface area (Å²) in [5.74, 6) is -0.912. The number of aliphatic carboxylic acids is 1. The molecule has 0 aromatic rings. The van der Waals surface area contributed by atoms with E-state index in [1.165, 1.54) is 36.5 Å². The number of carbonyl (C=O) groups is 1. The van der Waals surface area contributed by atoms with E-state index in [-0.39, 0.29) is 35.0 Å². The Bertz CT molecular complexity index is 572. The van der Waals surface area contributed by atoms with E-state index >= 15 is 0 Å². The number of allylic oxidation sites excluding steroid dienone is 9. The van der Waals surface area contributed by atoms with Crippen LogP contribution in [-0.4, -0.2) is 40.6 Å². The van der Waals surface area contributed by atoms with Gasteiger partial charge in [-0.3, -0.25) is 0 Å². The van der Waals surface area contributed by atoms with Gasteiger partial charge in [0.2, 0.25) is 0 Å². The third-order valence-electron chi connectivity index (χ3n) is 4.12. The van der Waals surface area contributed by atoms with Crippen molar-refractivity contribution in [2.24, 2.45) is 5.41 Å². The third kappa shape index (κ3) is 8.01. The Balaban J connectivity index is 0.00000484. The standard InChI is InChI=1S/C20H28O2.Na/c1-15(8-6-9-16(2)14-19(21)22)11-12-18-17(3)10-7-13-20(18,4)5;/h6,8-9,11-12,14H,7,10,13H2,1-5H3,(H,21,22);. The molecule has 1 radical (unpaired) electrons. The minimum atomic E-state index is -0.912. The van der Waals surface area contributed by atoms with Crippen LogP contribution < -0.4 is 0 Å². The molecule has 0 aliphatic heterocycles. The first kappa shape index (κ1) is 22.2. The van der Waals surface area contributed by atoms with Crippen LogP contribution in [-0.2, 0) is 4.79 Å². The second-order valence-corrected chi connectivity index (χ2v) is 6.76. The van der Waals surface area contributed by atoms with Crippen molar-refractivity contribution in [3.05, 3.63) is 58.7 Å². The van der Waals surface area contributed by atoms with Crippen molar-refractivity contribution in [3.63, 3.8) is 0 Å². The first-order valence-corrected chi connectivity index (χ1v) is 7.87. The fraction of sp³-hybridized carbons (Fsp3) is 0.450. The van der Waals surface area contributed by atoms with E-state index in [1.54, 1.807) is 13.0 Å². The van der Waals surface area contributed by atoms with Gasteiger partial charge in [0, 0.05) is 35.6 Å². The Morgan fingerprint density at radius 3 is 2.39 bits per heavy atom. The molecule has 1 aliphatic rings. The quantitative estimate of drug-likeness (QED) is 0.428. The van der Waals surface area contributed by atoms with Gasteiger partial charge in [-0.05, 0) is 56.6 Å². The van der Waals surface area contributed by atoms with Crippen LogP contribution in [0.15, 0.2) is 58.7 Å². The number of hydrogen-bond acceptors (Lipinski definition) is 1. The first-order chi connectivity index (χ1) is 10.2. The van der Waals surface area contributed by atoms with Gasteiger partial charge in [0.1, 0.15) is 0 Å². The van der Waals surface area contributed by atoms with Crippen LogP contribution in [0.3, 0.4) is 0 Å². The van der Waals surface area contributed by atoms with Crippen molar-refractivity contribution in [2.75, 3.05) is 0 Å². The van der Waals surface area contributed by atoms with Gasteiger partial charge in [0.05, 0.1) is 0 Å². The van der Waals surface area contributed by atoms with Crippen LogP contribution in [0.2, 0.25) is 0 Å². The monoisotopic (exact) mass is 323 g/mol. The molecule has 0 saturated carbocycles. The zero-order valence-corrected chi connectivity index (χ0v) is 17.4. The molecule has 0 aromatic carbocycles. The van der Waals surface area contributed by atoms with Gasteiger partial charge in [-0.15, -0.1) is 0 Å². The van der Waals surface area contributed by atoms with Crippen LogP contribution in [0.25, 0.3) is 0 Å². The van der Waals surface area contributed by atoms with Crippen molar-refractivity contribution in [3.8, 4) is 0 Å². The van der Waals surface area contributed by atoms with Crippen molar-refractivity contribution < 1.29 is 9.90 Å². The summed E-state index contributed by atoms with van der Waals surface area (Å²) in [6, 6.07) is 0. The molecular weight excluding hydrogens is 295 g/mol. The summed E-state index contributed by atoms with van der Waals surface area (Å²) in [6.45, 7) is 10.7. The summed E-state index contributed by atoms with van der Waals surface area (Å²) < 4.78 is 0. The Hall–Kier alpha value is -0.830. The molecule has 0 saturated heterocycles. The smallest absolute Gasteiger partial charge is 0.328 e. The molecule has 3 heteroatoms. The predicted molar refractivity (Wildman–Crippen MR) is 99.5 cm³/mol. The molecule has 121 valence electrons. The third-order valence-corrected chi connectivity index (χ3v) is 4.12. The van der Waals surface area contributed by atoms with Crippen molar-refractivity contribution in [2.45, 2.75) is 53.9 Å². The molecular formula is C20H28NaO2. The molecule has 0 heterocycles. The fourth-order valence-corrected chi connectivity index (χ4v) is 2.88. The molecule has 0 atom stereocenters. The van der Waals surface area contributed by atoms with Gasteiger partial charge in [-0.2, -0.15) is 0 Å². The zero-order valence-electron chi connectivity index (χ0n) is 15.4. The summed E-state index contributed by atoms with van der Waals surface area (Å²) >= 11 is 0. The fourth-order valence-electron chi connectivity index (χ4n) is 2.88. The molecule has 1 aliphatic carbocycles. The number of carboxylic acid groups (broad SMARTS) is 1. The van der Waals surface area contributed by atoms with Gasteiger partial charge < -0.3 is 5.11 Å². The molecule has 0 spiro atoms. The summed E-state index contributed by atoms with van der Waals surface area (Å²) in [6.07, 6.45) is 15.0. The molecule has 0 fully saturated rings. The summed E-state index contributed by atoms with van der Waals surface area (Å²) in [4.78, 5) is 10.5. The second-order valence-electron chi connectivity index (χ2n) is 6.76. The van der Waals surface area contributed by atoms with Crippen molar-refractivity contribution in [1.29, 1.82) is 0 Å². The van der Waals surface area contributed by atoms with Gasteiger partial charge in [0.25, 0.3) is 0 Å². The average Bonchev–Trinajstić information content (AvgIpc) is 2.36. The summed E-state index contributed by atoms with van der Waals surface area (Å²) in [5.41, 5.74) is 5.09. The Kier molecular flexibility index (Phi) is 9.76. The molecule has 0 amide bonds. The molecule has 1 N–H and O–H groups in total. The maximum atomic E-state index is 10.5. The van der Waals surface area contributed by atoms with Gasteiger partial charge in [0.15, 0.2) is 0 Å². The van der Waals surface area contributed by atoms with E-state index in [1.807, 2.05) is 12.2 Å². The Morgan fingerprint density at radius 2 is 1.83 bits per heavy atom. The van der Waals surface area contributed by atoms with E-state index in [4.69, 9.17) is 5.11 Å². The molecule has 0 bridgehead atoms. The molecule has 0 aromatic heterocycles. The van der Waals surface area contributed by atoms with Crippen LogP contribution >= 0.6 is 0 Å². The minimum absolute atomic E-state index is 0. The SMILES string of the molecule is CC(C=CC1=C(C)CCCC1(C)C)=CC=CC(C)=CC(=O)O.[Na]. The number of carboxylic acids is 1. The van der Waals surface area contributed by atoms with E-state index in [2.05, 4.69) is 39.8 Å². The average molecular weight is 323 g/mol. The normalized spacial score (nSPS) is 19.3. The van der Waals surface area contributed by atoms with Crippen molar-refractivity contribution in [1.82, 2.24) is 0 Å². The number of rotatable bonds is 5. The van der Waals surface area contributed by atoms with E-state index < -0.39 is 5.97 Å². The second kappa shape index (κ2) is 10.1. The van der Waals surface area contributed by atoms with Crippen LogP contribution in [0.5, 0.6) is 0 Å². The van der Waals surface area contributed by atoms with E-state index in [0.717, 1.165) is 11.1 Å². The van der Waals surface area contributed by atoms with Crippen molar-refractivity contribution >= 4 is 35.5 Å². The molecule has 1 rings (SSSR count). The molecule has 0 unspecified atom stereocenters. The van der Waals surface area contributed by atoms with Crippen LogP contribution in [0, 0.1) is 5.41 Å². The van der Waals surface area contributed by atoms with Gasteiger partial charge in [-0.1, -0.05) is 55.4 Å². The Morgan fingerprint density at radius 1 is 1.17 bits per heavy atom. The van der Waals surface area contributed by atoms with Crippen LogP contribution in [0.4, 0.5) is 0 Å². The summed E-state index contributed by atoms with van der Waals surface area (Å²) in [5, 5.41) is 8.65. The summed E-state index contributed by atoms with van der Waals surface area (Å²) in [7, 11) is 0.